The van der Waals surface area contributed by atoms with Crippen LogP contribution in [0.4, 0.5) is 10.3 Å². The first kappa shape index (κ1) is 14.5. The number of H-pyrrole nitrogens is 1. The predicted octanol–water partition coefficient (Wildman–Crippen LogP) is 2.75. The van der Waals surface area contributed by atoms with Crippen LogP contribution < -0.4 is 5.32 Å². The van der Waals surface area contributed by atoms with Crippen molar-refractivity contribution < 1.29 is 9.18 Å². The van der Waals surface area contributed by atoms with Gasteiger partial charge in [0.15, 0.2) is 0 Å². The van der Waals surface area contributed by atoms with Gasteiger partial charge in [-0.25, -0.2) is 9.37 Å². The predicted molar refractivity (Wildman–Crippen MR) is 85.5 cm³/mol. The van der Waals surface area contributed by atoms with E-state index in [2.05, 4.69) is 25.5 Å². The van der Waals surface area contributed by atoms with Crippen LogP contribution in [0.2, 0.25) is 0 Å². The van der Waals surface area contributed by atoms with Gasteiger partial charge in [0.05, 0.1) is 5.69 Å². The zero-order valence-corrected chi connectivity index (χ0v) is 12.6. The Morgan fingerprint density at radius 2 is 2.00 bits per heavy atom. The van der Waals surface area contributed by atoms with Crippen LogP contribution in [0, 0.1) is 11.7 Å². The monoisotopic (exact) mass is 323 g/mol. The smallest absolute Gasteiger partial charge is 0.248 e. The average Bonchev–Trinajstić information content (AvgIpc) is 3.25. The molecule has 1 aliphatic rings. The van der Waals surface area contributed by atoms with E-state index in [9.17, 15) is 9.18 Å². The molecular weight excluding hydrogens is 309 g/mol. The van der Waals surface area contributed by atoms with Gasteiger partial charge in [0.2, 0.25) is 11.9 Å². The molecule has 0 spiro atoms. The Hall–Kier alpha value is -3.09. The molecule has 0 bridgehead atoms. The third kappa shape index (κ3) is 2.88. The van der Waals surface area contributed by atoms with E-state index in [0.717, 1.165) is 23.2 Å². The fourth-order valence-electron chi connectivity index (χ4n) is 2.74. The molecule has 1 fully saturated rings. The Morgan fingerprint density at radius 3 is 2.67 bits per heavy atom. The van der Waals surface area contributed by atoms with E-state index in [1.807, 2.05) is 12.1 Å². The Bertz CT molecular complexity index is 846. The van der Waals surface area contributed by atoms with Gasteiger partial charge >= 0.3 is 0 Å². The molecule has 2 N–H and O–H groups in total. The van der Waals surface area contributed by atoms with Crippen LogP contribution in [0.3, 0.4) is 0 Å². The fraction of sp³-hybridized carbons (Fsp3) is 0.176. The van der Waals surface area contributed by atoms with Gasteiger partial charge in [0.25, 0.3) is 0 Å². The molecule has 2 atom stereocenters. The molecule has 1 saturated carbocycles. The van der Waals surface area contributed by atoms with Gasteiger partial charge in [-0.1, -0.05) is 6.07 Å². The number of pyridine rings is 1. The lowest BCUT2D eigenvalue weighted by Crippen LogP contribution is -2.15. The van der Waals surface area contributed by atoms with Crippen molar-refractivity contribution in [2.24, 2.45) is 5.92 Å². The number of hydrogen-bond donors (Lipinski definition) is 2. The Balaban J connectivity index is 1.43. The van der Waals surface area contributed by atoms with Crippen molar-refractivity contribution in [3.63, 3.8) is 0 Å². The van der Waals surface area contributed by atoms with Crippen molar-refractivity contribution in [3.05, 3.63) is 60.3 Å². The minimum absolute atomic E-state index is 0.0813. The maximum absolute atomic E-state index is 13.0. The van der Waals surface area contributed by atoms with Crippen LogP contribution in [-0.4, -0.2) is 26.1 Å². The van der Waals surface area contributed by atoms with Crippen molar-refractivity contribution in [1.82, 2.24) is 20.2 Å². The number of aromatic amines is 1. The Kier molecular flexibility index (Phi) is 3.53. The van der Waals surface area contributed by atoms with E-state index >= 15 is 0 Å². The van der Waals surface area contributed by atoms with Crippen molar-refractivity contribution in [2.45, 2.75) is 12.3 Å². The molecule has 6 nitrogen and oxygen atoms in total. The molecule has 0 radical (unpaired) electrons. The van der Waals surface area contributed by atoms with Gasteiger partial charge in [-0.15, -0.1) is 5.10 Å². The van der Waals surface area contributed by atoms with Crippen molar-refractivity contribution in [3.8, 4) is 11.3 Å². The van der Waals surface area contributed by atoms with Gasteiger partial charge in [0, 0.05) is 17.7 Å². The largest absolute Gasteiger partial charge is 0.293 e. The SMILES string of the molecule is O=C(Nc1nc[nH]n1)C1CC1c1ccc(-c2ccc(F)cc2)nc1. The molecule has 1 aliphatic carbocycles. The second kappa shape index (κ2) is 5.84. The third-order valence-corrected chi connectivity index (χ3v) is 4.13. The van der Waals surface area contributed by atoms with Crippen LogP contribution in [0.1, 0.15) is 17.9 Å². The summed E-state index contributed by atoms with van der Waals surface area (Å²) in [4.78, 5) is 20.4. The van der Waals surface area contributed by atoms with E-state index < -0.39 is 0 Å². The number of carbonyl (C=O) groups is 1. The zero-order chi connectivity index (χ0) is 16.5. The van der Waals surface area contributed by atoms with Crippen LogP contribution >= 0.6 is 0 Å². The van der Waals surface area contributed by atoms with E-state index in [4.69, 9.17) is 0 Å². The molecule has 2 heterocycles. The summed E-state index contributed by atoms with van der Waals surface area (Å²) in [6.07, 6.45) is 3.98. The molecule has 24 heavy (non-hydrogen) atoms. The van der Waals surface area contributed by atoms with E-state index in [1.165, 1.54) is 18.5 Å². The van der Waals surface area contributed by atoms with Crippen LogP contribution in [0.5, 0.6) is 0 Å². The topological polar surface area (TPSA) is 83.6 Å². The third-order valence-electron chi connectivity index (χ3n) is 4.13. The van der Waals surface area contributed by atoms with E-state index in [-0.39, 0.29) is 29.5 Å². The number of rotatable bonds is 4. The van der Waals surface area contributed by atoms with Gasteiger partial charge in [-0.3, -0.25) is 20.2 Å². The van der Waals surface area contributed by atoms with Gasteiger partial charge in [-0.2, -0.15) is 0 Å². The normalized spacial score (nSPS) is 19.0. The molecular formula is C17H14FN5O. The number of nitrogens with zero attached hydrogens (tertiary/aromatic N) is 3. The first-order valence-corrected chi connectivity index (χ1v) is 7.59. The van der Waals surface area contributed by atoms with Crippen molar-refractivity contribution >= 4 is 11.9 Å². The highest BCUT2D eigenvalue weighted by atomic mass is 19.1. The van der Waals surface area contributed by atoms with Gasteiger partial charge in [0.1, 0.15) is 12.1 Å². The minimum atomic E-state index is -0.270. The number of aromatic nitrogens is 4. The number of halogens is 1. The number of anilines is 1. The van der Waals surface area contributed by atoms with Crippen molar-refractivity contribution in [1.29, 1.82) is 0 Å². The van der Waals surface area contributed by atoms with E-state index in [0.29, 0.717) is 0 Å². The fourth-order valence-corrected chi connectivity index (χ4v) is 2.74. The zero-order valence-electron chi connectivity index (χ0n) is 12.6. The molecule has 3 aromatic rings. The van der Waals surface area contributed by atoms with E-state index in [1.54, 1.807) is 18.3 Å². The average molecular weight is 323 g/mol. The Morgan fingerprint density at radius 1 is 1.17 bits per heavy atom. The first-order valence-electron chi connectivity index (χ1n) is 7.59. The molecule has 0 saturated heterocycles. The summed E-state index contributed by atoms with van der Waals surface area (Å²) in [5.74, 6) is 0.0203. The lowest BCUT2D eigenvalue weighted by atomic mass is 10.1. The number of nitrogens with one attached hydrogen (secondary N) is 2. The summed E-state index contributed by atoms with van der Waals surface area (Å²) in [5.41, 5.74) is 2.66. The maximum Gasteiger partial charge on any atom is 0.248 e. The van der Waals surface area contributed by atoms with Crippen LogP contribution in [-0.2, 0) is 4.79 Å². The lowest BCUT2D eigenvalue weighted by molar-refractivity contribution is -0.117. The molecule has 120 valence electrons. The number of hydrogen-bond acceptors (Lipinski definition) is 4. The standard InChI is InChI=1S/C17H14FN5O/c18-12-4-1-10(2-5-12)15-6-3-11(8-19-15)13-7-14(13)16(24)22-17-20-9-21-23-17/h1-6,8-9,13-14H,7H2,(H2,20,21,22,23,24). The maximum atomic E-state index is 13.0. The first-order chi connectivity index (χ1) is 11.7. The highest BCUT2D eigenvalue weighted by Gasteiger charge is 2.44. The number of amides is 1. The summed E-state index contributed by atoms with van der Waals surface area (Å²) in [6.45, 7) is 0. The molecule has 7 heteroatoms. The van der Waals surface area contributed by atoms with Gasteiger partial charge in [-0.05, 0) is 48.2 Å². The quantitative estimate of drug-likeness (QED) is 0.773. The molecule has 4 rings (SSSR count). The summed E-state index contributed by atoms with van der Waals surface area (Å²) < 4.78 is 13.0. The Labute approximate surface area is 137 Å². The van der Waals surface area contributed by atoms with Crippen LogP contribution in [0.15, 0.2) is 48.9 Å². The summed E-state index contributed by atoms with van der Waals surface area (Å²) >= 11 is 0. The number of carbonyl (C=O) groups excluding carboxylic acids is 1. The number of benzene rings is 1. The second-order valence-corrected chi connectivity index (χ2v) is 5.74. The second-order valence-electron chi connectivity index (χ2n) is 5.74. The molecule has 1 amide bonds. The molecule has 0 aliphatic heterocycles. The summed E-state index contributed by atoms with van der Waals surface area (Å²) in [6, 6.07) is 10.1. The highest BCUT2D eigenvalue weighted by Crippen LogP contribution is 2.47. The molecule has 1 aromatic carbocycles. The van der Waals surface area contributed by atoms with Crippen LogP contribution in [0.25, 0.3) is 11.3 Å². The summed E-state index contributed by atoms with van der Waals surface area (Å²) in [5, 5.41) is 9.04. The van der Waals surface area contributed by atoms with Gasteiger partial charge < -0.3 is 0 Å². The molecule has 2 unspecified atom stereocenters. The summed E-state index contributed by atoms with van der Waals surface area (Å²) in [7, 11) is 0. The lowest BCUT2D eigenvalue weighted by Gasteiger charge is -2.04. The van der Waals surface area contributed by atoms with Crippen molar-refractivity contribution in [2.75, 3.05) is 5.32 Å². The highest BCUT2D eigenvalue weighted by molar-refractivity contribution is 5.93. The minimum Gasteiger partial charge on any atom is -0.293 e. The molecule has 2 aromatic heterocycles.